The van der Waals surface area contributed by atoms with Gasteiger partial charge in [0.2, 0.25) is 0 Å². The molecule has 1 aliphatic rings. The van der Waals surface area contributed by atoms with Gasteiger partial charge in [-0.1, -0.05) is 13.8 Å². The van der Waals surface area contributed by atoms with Crippen LogP contribution in [-0.2, 0) is 14.0 Å². The van der Waals surface area contributed by atoms with Crippen molar-refractivity contribution >= 4 is 14.3 Å². The summed E-state index contributed by atoms with van der Waals surface area (Å²) in [5.41, 5.74) is -0.0482. The van der Waals surface area contributed by atoms with Crippen LogP contribution in [0.2, 0.25) is 19.6 Å². The van der Waals surface area contributed by atoms with Crippen LogP contribution in [0.25, 0.3) is 0 Å². The third-order valence-corrected chi connectivity index (χ3v) is 3.63. The summed E-state index contributed by atoms with van der Waals surface area (Å²) in [5, 5.41) is 0. The van der Waals surface area contributed by atoms with E-state index in [0.717, 1.165) is 0 Å². The Kier molecular flexibility index (Phi) is 2.80. The van der Waals surface area contributed by atoms with Gasteiger partial charge < -0.3 is 9.16 Å². The molecule has 0 aromatic heterocycles. The van der Waals surface area contributed by atoms with Gasteiger partial charge in [0.15, 0.2) is 8.32 Å². The molecule has 0 spiro atoms. The summed E-state index contributed by atoms with van der Waals surface area (Å²) in [6, 6.07) is 0. The van der Waals surface area contributed by atoms with Crippen LogP contribution in [0.4, 0.5) is 0 Å². The molecule has 0 saturated heterocycles. The molecule has 4 heteroatoms. The number of ether oxygens (including phenoxy) is 1. The number of rotatable bonds is 3. The van der Waals surface area contributed by atoms with E-state index in [-0.39, 0.29) is 23.4 Å². The Morgan fingerprint density at radius 3 is 2.14 bits per heavy atom. The topological polar surface area (TPSA) is 35.5 Å². The van der Waals surface area contributed by atoms with Gasteiger partial charge in [0, 0.05) is 5.41 Å². The lowest BCUT2D eigenvalue weighted by Crippen LogP contribution is -2.28. The minimum Gasteiger partial charge on any atom is -0.469 e. The molecule has 0 N–H and O–H groups in total. The first kappa shape index (κ1) is 11.7. The predicted octanol–water partition coefficient (Wildman–Crippen LogP) is 2.04. The van der Waals surface area contributed by atoms with Crippen molar-refractivity contribution in [1.29, 1.82) is 0 Å². The van der Waals surface area contributed by atoms with Crippen LogP contribution >= 0.6 is 0 Å². The first-order chi connectivity index (χ1) is 6.20. The van der Waals surface area contributed by atoms with Crippen LogP contribution in [0.3, 0.4) is 0 Å². The molecule has 0 aliphatic heterocycles. The summed E-state index contributed by atoms with van der Waals surface area (Å²) >= 11 is 0. The molecule has 82 valence electrons. The van der Waals surface area contributed by atoms with E-state index in [4.69, 9.17) is 9.16 Å². The number of hydrogen-bond donors (Lipinski definition) is 0. The molecule has 1 rings (SSSR count). The van der Waals surface area contributed by atoms with Gasteiger partial charge in [-0.05, 0) is 19.6 Å². The molecule has 1 fully saturated rings. The fraction of sp³-hybridized carbons (Fsp3) is 0.900. The Balaban J connectivity index is 2.62. The largest absolute Gasteiger partial charge is 0.469 e. The van der Waals surface area contributed by atoms with Crippen molar-refractivity contribution < 1.29 is 14.0 Å². The molecular formula is C10H20O3Si. The lowest BCUT2D eigenvalue weighted by Gasteiger charge is -2.18. The molecule has 1 aliphatic carbocycles. The van der Waals surface area contributed by atoms with Crippen LogP contribution in [0, 0.1) is 11.3 Å². The Morgan fingerprint density at radius 2 is 1.79 bits per heavy atom. The normalized spacial score (nSPS) is 29.9. The van der Waals surface area contributed by atoms with Crippen molar-refractivity contribution in [2.24, 2.45) is 11.3 Å². The Hall–Kier alpha value is -0.353. The first-order valence-electron chi connectivity index (χ1n) is 4.96. The van der Waals surface area contributed by atoms with Gasteiger partial charge in [-0.3, -0.25) is 4.79 Å². The first-order valence-corrected chi connectivity index (χ1v) is 8.36. The SMILES string of the molecule is COC(=O)C1C(O[Si](C)(C)C)C1(C)C. The molecule has 2 atom stereocenters. The van der Waals surface area contributed by atoms with Crippen LogP contribution in [0.1, 0.15) is 13.8 Å². The second-order valence-electron chi connectivity index (χ2n) is 5.47. The summed E-state index contributed by atoms with van der Waals surface area (Å²) in [7, 11) is -0.122. The van der Waals surface area contributed by atoms with Crippen LogP contribution in [0.5, 0.6) is 0 Å². The predicted molar refractivity (Wildman–Crippen MR) is 57.5 cm³/mol. The number of esters is 1. The van der Waals surface area contributed by atoms with E-state index >= 15 is 0 Å². The fourth-order valence-electron chi connectivity index (χ4n) is 1.75. The fourth-order valence-corrected chi connectivity index (χ4v) is 2.95. The van der Waals surface area contributed by atoms with Crippen molar-refractivity contribution in [2.75, 3.05) is 7.11 Å². The standard InChI is InChI=1S/C10H20O3Si/c1-10(2)7(9(11)12-3)8(10)13-14(4,5)6/h7-8H,1-6H3. The van der Waals surface area contributed by atoms with Gasteiger partial charge in [-0.25, -0.2) is 0 Å². The van der Waals surface area contributed by atoms with Crippen molar-refractivity contribution in [3.8, 4) is 0 Å². The molecule has 0 amide bonds. The van der Waals surface area contributed by atoms with E-state index in [9.17, 15) is 4.79 Å². The quantitative estimate of drug-likeness (QED) is 0.535. The van der Waals surface area contributed by atoms with Gasteiger partial charge in [0.25, 0.3) is 0 Å². The molecular weight excluding hydrogens is 196 g/mol. The molecule has 1 saturated carbocycles. The maximum Gasteiger partial charge on any atom is 0.311 e. The van der Waals surface area contributed by atoms with Crippen molar-refractivity contribution in [3.63, 3.8) is 0 Å². The smallest absolute Gasteiger partial charge is 0.311 e. The molecule has 0 aromatic carbocycles. The highest BCUT2D eigenvalue weighted by Crippen LogP contribution is 2.55. The average Bonchev–Trinajstić information content (AvgIpc) is 2.49. The lowest BCUT2D eigenvalue weighted by molar-refractivity contribution is -0.143. The third kappa shape index (κ3) is 2.17. The number of methoxy groups -OCH3 is 1. The Morgan fingerprint density at radius 1 is 1.29 bits per heavy atom. The summed E-state index contributed by atoms with van der Waals surface area (Å²) in [5.74, 6) is -0.211. The summed E-state index contributed by atoms with van der Waals surface area (Å²) in [4.78, 5) is 11.4. The maximum atomic E-state index is 11.4. The van der Waals surface area contributed by atoms with Crippen molar-refractivity contribution in [3.05, 3.63) is 0 Å². The zero-order valence-electron chi connectivity index (χ0n) is 9.88. The molecule has 0 radical (unpaired) electrons. The van der Waals surface area contributed by atoms with Gasteiger partial charge in [0.1, 0.15) is 0 Å². The second kappa shape index (κ2) is 3.34. The molecule has 0 aromatic rings. The summed E-state index contributed by atoms with van der Waals surface area (Å²) in [6.07, 6.45) is 0.0571. The third-order valence-electron chi connectivity index (χ3n) is 2.66. The van der Waals surface area contributed by atoms with E-state index in [0.29, 0.717) is 0 Å². The minimum atomic E-state index is -1.55. The maximum absolute atomic E-state index is 11.4. The van der Waals surface area contributed by atoms with E-state index < -0.39 is 8.32 Å². The average molecular weight is 216 g/mol. The highest BCUT2D eigenvalue weighted by atomic mass is 28.4. The van der Waals surface area contributed by atoms with E-state index in [2.05, 4.69) is 33.5 Å². The summed E-state index contributed by atoms with van der Waals surface area (Å²) in [6.45, 7) is 10.5. The molecule has 0 heterocycles. The minimum absolute atomic E-state index is 0.0482. The van der Waals surface area contributed by atoms with Crippen LogP contribution in [-0.4, -0.2) is 27.5 Å². The van der Waals surface area contributed by atoms with Crippen LogP contribution in [0.15, 0.2) is 0 Å². The molecule has 3 nitrogen and oxygen atoms in total. The summed E-state index contributed by atoms with van der Waals surface area (Å²) < 4.78 is 10.7. The van der Waals surface area contributed by atoms with Gasteiger partial charge in [-0.2, -0.15) is 0 Å². The van der Waals surface area contributed by atoms with Crippen molar-refractivity contribution in [1.82, 2.24) is 0 Å². The monoisotopic (exact) mass is 216 g/mol. The highest BCUT2D eigenvalue weighted by Gasteiger charge is 2.64. The number of carbonyl (C=O) groups excluding carboxylic acids is 1. The van der Waals surface area contributed by atoms with E-state index in [1.165, 1.54) is 7.11 Å². The van der Waals surface area contributed by atoms with E-state index in [1.54, 1.807) is 0 Å². The Bertz CT molecular complexity index is 242. The zero-order chi connectivity index (χ0) is 11.1. The Labute approximate surface area is 86.9 Å². The van der Waals surface area contributed by atoms with Crippen molar-refractivity contribution in [2.45, 2.75) is 39.6 Å². The molecule has 14 heavy (non-hydrogen) atoms. The number of hydrogen-bond acceptors (Lipinski definition) is 3. The van der Waals surface area contributed by atoms with Gasteiger partial charge >= 0.3 is 5.97 Å². The molecule has 2 unspecified atom stereocenters. The lowest BCUT2D eigenvalue weighted by atomic mass is 10.1. The van der Waals surface area contributed by atoms with Gasteiger partial charge in [0.05, 0.1) is 19.1 Å². The molecule has 0 bridgehead atoms. The van der Waals surface area contributed by atoms with Gasteiger partial charge in [-0.15, -0.1) is 0 Å². The van der Waals surface area contributed by atoms with E-state index in [1.807, 2.05) is 0 Å². The van der Waals surface area contributed by atoms with Crippen LogP contribution < -0.4 is 0 Å². The highest BCUT2D eigenvalue weighted by molar-refractivity contribution is 6.69. The zero-order valence-corrected chi connectivity index (χ0v) is 10.9. The second-order valence-corrected chi connectivity index (χ2v) is 9.93. The number of carbonyl (C=O) groups is 1.